The van der Waals surface area contributed by atoms with Crippen molar-refractivity contribution < 1.29 is 19.1 Å². The van der Waals surface area contributed by atoms with Gasteiger partial charge < -0.3 is 24.6 Å². The molecule has 0 aromatic heterocycles. The second kappa shape index (κ2) is 12.1. The van der Waals surface area contributed by atoms with Crippen LogP contribution in [-0.4, -0.2) is 61.7 Å². The number of halogens is 1. The van der Waals surface area contributed by atoms with Crippen molar-refractivity contribution in [2.75, 3.05) is 39.9 Å². The highest BCUT2D eigenvalue weighted by atomic mass is 79.9. The number of methoxy groups -OCH3 is 1. The fourth-order valence-corrected chi connectivity index (χ4v) is 5.59. The van der Waals surface area contributed by atoms with Crippen LogP contribution in [-0.2, 0) is 16.1 Å². The molecule has 2 aliphatic heterocycles. The van der Waals surface area contributed by atoms with Gasteiger partial charge in [0.2, 0.25) is 5.91 Å². The molecule has 8 heteroatoms. The Hall–Kier alpha value is -2.58. The van der Waals surface area contributed by atoms with Crippen LogP contribution in [0.2, 0.25) is 0 Å². The van der Waals surface area contributed by atoms with Gasteiger partial charge in [0, 0.05) is 24.1 Å². The molecule has 0 bridgehead atoms. The van der Waals surface area contributed by atoms with Crippen LogP contribution in [0, 0.1) is 5.41 Å². The normalized spacial score (nSPS) is 18.3. The number of amides is 2. The first-order valence-electron chi connectivity index (χ1n) is 12.8. The first kappa shape index (κ1) is 26.5. The van der Waals surface area contributed by atoms with Crippen LogP contribution in [0.25, 0.3) is 0 Å². The van der Waals surface area contributed by atoms with Crippen molar-refractivity contribution in [1.29, 1.82) is 0 Å². The van der Waals surface area contributed by atoms with E-state index in [2.05, 4.69) is 38.3 Å². The molecule has 0 saturated carbocycles. The van der Waals surface area contributed by atoms with Crippen molar-refractivity contribution in [3.63, 3.8) is 0 Å². The molecule has 36 heavy (non-hydrogen) atoms. The molecular formula is C28H36BrN3O4. The maximum Gasteiger partial charge on any atom is 0.407 e. The molecule has 1 spiro atoms. The second-order valence-corrected chi connectivity index (χ2v) is 10.6. The number of benzene rings is 2. The fourth-order valence-electron chi connectivity index (χ4n) is 5.33. The molecule has 2 aromatic rings. The van der Waals surface area contributed by atoms with Crippen molar-refractivity contribution >= 4 is 27.9 Å². The quantitative estimate of drug-likeness (QED) is 0.461. The van der Waals surface area contributed by atoms with Gasteiger partial charge >= 0.3 is 6.09 Å². The summed E-state index contributed by atoms with van der Waals surface area (Å²) >= 11 is 3.48. The predicted octanol–water partition coefficient (Wildman–Crippen LogP) is 5.15. The van der Waals surface area contributed by atoms with Crippen LogP contribution >= 0.6 is 15.9 Å². The fraction of sp³-hybridized carbons (Fsp3) is 0.500. The molecule has 2 saturated heterocycles. The number of carbonyl (C=O) groups excluding carboxylic acids is 2. The van der Waals surface area contributed by atoms with E-state index in [1.165, 1.54) is 5.56 Å². The molecule has 1 unspecified atom stereocenters. The number of hydrogen-bond acceptors (Lipinski definition) is 5. The highest BCUT2D eigenvalue weighted by molar-refractivity contribution is 9.10. The zero-order valence-electron chi connectivity index (χ0n) is 21.2. The van der Waals surface area contributed by atoms with Gasteiger partial charge in [-0.3, -0.25) is 4.79 Å². The van der Waals surface area contributed by atoms with Gasteiger partial charge in [-0.25, -0.2) is 4.79 Å². The highest BCUT2D eigenvalue weighted by Gasteiger charge is 2.47. The Bertz CT molecular complexity index is 1040. The number of nitrogens with one attached hydrogen (secondary N) is 1. The lowest BCUT2D eigenvalue weighted by atomic mass is 9.77. The molecule has 2 fully saturated rings. The Morgan fingerprint density at radius 1 is 1.11 bits per heavy atom. The van der Waals surface area contributed by atoms with Crippen LogP contribution in [0.5, 0.6) is 5.75 Å². The lowest BCUT2D eigenvalue weighted by Gasteiger charge is -2.38. The van der Waals surface area contributed by atoms with Crippen molar-refractivity contribution in [1.82, 2.24) is 15.1 Å². The minimum atomic E-state index is -0.412. The number of likely N-dealkylation sites (tertiary alicyclic amines) is 2. The summed E-state index contributed by atoms with van der Waals surface area (Å²) in [5, 5.41) is 3.01. The monoisotopic (exact) mass is 557 g/mol. The highest BCUT2D eigenvalue weighted by Crippen LogP contribution is 2.42. The number of piperidine rings is 1. The summed E-state index contributed by atoms with van der Waals surface area (Å²) in [5.74, 6) is 1.07. The van der Waals surface area contributed by atoms with Crippen molar-refractivity contribution in [2.45, 2.75) is 45.2 Å². The molecule has 7 nitrogen and oxygen atoms in total. The number of hydrogen-bond donors (Lipinski definition) is 1. The molecule has 194 valence electrons. The Balaban J connectivity index is 1.32. The molecule has 2 amide bonds. The predicted molar refractivity (Wildman–Crippen MR) is 143 cm³/mol. The molecule has 2 aromatic carbocycles. The van der Waals surface area contributed by atoms with E-state index in [1.807, 2.05) is 41.3 Å². The molecule has 0 radical (unpaired) electrons. The average Bonchev–Trinajstić information content (AvgIpc) is 3.18. The molecule has 1 atom stereocenters. The van der Waals surface area contributed by atoms with Gasteiger partial charge in [-0.2, -0.15) is 0 Å². The SMILES string of the molecule is CCOC(=O)NC(CCN1CCC2(CC1)CCN(Cc1ccc(Br)cc1)C2=O)c1cccc(OC)c1. The summed E-state index contributed by atoms with van der Waals surface area (Å²) in [6.45, 7) is 6.26. The Labute approximate surface area is 222 Å². The molecule has 4 rings (SSSR count). The maximum absolute atomic E-state index is 13.4. The van der Waals surface area contributed by atoms with E-state index in [0.29, 0.717) is 19.1 Å². The van der Waals surface area contributed by atoms with E-state index in [4.69, 9.17) is 9.47 Å². The second-order valence-electron chi connectivity index (χ2n) is 9.71. The van der Waals surface area contributed by atoms with Crippen molar-refractivity contribution in [3.05, 3.63) is 64.1 Å². The Morgan fingerprint density at radius 2 is 1.83 bits per heavy atom. The van der Waals surface area contributed by atoms with E-state index >= 15 is 0 Å². The summed E-state index contributed by atoms with van der Waals surface area (Å²) < 4.78 is 11.6. The Kier molecular flexibility index (Phi) is 8.90. The Morgan fingerprint density at radius 3 is 2.53 bits per heavy atom. The molecule has 2 heterocycles. The smallest absolute Gasteiger partial charge is 0.407 e. The summed E-state index contributed by atoms with van der Waals surface area (Å²) in [6.07, 6.45) is 3.05. The summed E-state index contributed by atoms with van der Waals surface area (Å²) in [4.78, 5) is 30.0. The van der Waals surface area contributed by atoms with Gasteiger partial charge in [0.05, 0.1) is 25.2 Å². The zero-order valence-corrected chi connectivity index (χ0v) is 22.8. The van der Waals surface area contributed by atoms with Crippen LogP contribution in [0.15, 0.2) is 53.0 Å². The summed E-state index contributed by atoms with van der Waals surface area (Å²) in [6, 6.07) is 15.8. The molecular weight excluding hydrogens is 522 g/mol. The van der Waals surface area contributed by atoms with Crippen LogP contribution in [0.4, 0.5) is 4.79 Å². The maximum atomic E-state index is 13.4. The molecule has 2 aliphatic rings. The van der Waals surface area contributed by atoms with Gasteiger partial charge in [-0.1, -0.05) is 40.2 Å². The van der Waals surface area contributed by atoms with Gasteiger partial charge in [0.15, 0.2) is 0 Å². The summed E-state index contributed by atoms with van der Waals surface area (Å²) in [7, 11) is 1.64. The van der Waals surface area contributed by atoms with Gasteiger partial charge in [-0.15, -0.1) is 0 Å². The minimum absolute atomic E-state index is 0.176. The average molecular weight is 559 g/mol. The van der Waals surface area contributed by atoms with Crippen LogP contribution in [0.1, 0.15) is 49.8 Å². The topological polar surface area (TPSA) is 71.1 Å². The van der Waals surface area contributed by atoms with E-state index < -0.39 is 6.09 Å². The van der Waals surface area contributed by atoms with E-state index in [1.54, 1.807) is 14.0 Å². The van der Waals surface area contributed by atoms with E-state index in [-0.39, 0.29) is 11.5 Å². The van der Waals surface area contributed by atoms with Crippen molar-refractivity contribution in [2.24, 2.45) is 5.41 Å². The third-order valence-corrected chi connectivity index (χ3v) is 8.03. The largest absolute Gasteiger partial charge is 0.497 e. The lowest BCUT2D eigenvalue weighted by molar-refractivity contribution is -0.138. The van der Waals surface area contributed by atoms with Gasteiger partial charge in [-0.05, 0) is 81.1 Å². The molecule has 0 aliphatic carbocycles. The number of ether oxygens (including phenoxy) is 2. The van der Waals surface area contributed by atoms with Crippen LogP contribution < -0.4 is 10.1 Å². The third-order valence-electron chi connectivity index (χ3n) is 7.50. The van der Waals surface area contributed by atoms with E-state index in [9.17, 15) is 9.59 Å². The number of carbonyl (C=O) groups is 2. The zero-order chi connectivity index (χ0) is 25.5. The molecule has 1 N–H and O–H groups in total. The third kappa shape index (κ3) is 6.40. The van der Waals surface area contributed by atoms with Crippen molar-refractivity contribution in [3.8, 4) is 5.75 Å². The number of nitrogens with zero attached hydrogens (tertiary/aromatic N) is 2. The summed E-state index contributed by atoms with van der Waals surface area (Å²) in [5.41, 5.74) is 1.94. The minimum Gasteiger partial charge on any atom is -0.497 e. The first-order valence-corrected chi connectivity index (χ1v) is 13.5. The van der Waals surface area contributed by atoms with Crippen LogP contribution in [0.3, 0.4) is 0 Å². The standard InChI is InChI=1S/C28H36BrN3O4/c1-3-36-27(34)30-25(22-5-4-6-24(19-22)35-2)11-15-31-16-12-28(13-17-31)14-18-32(26(28)33)20-21-7-9-23(29)10-8-21/h4-10,19,25H,3,11-18,20H2,1-2H3,(H,30,34). The van der Waals surface area contributed by atoms with Gasteiger partial charge in [0.1, 0.15) is 5.75 Å². The number of rotatable bonds is 9. The first-order chi connectivity index (χ1) is 17.4. The number of alkyl carbamates (subject to hydrolysis) is 1. The van der Waals surface area contributed by atoms with E-state index in [0.717, 1.165) is 67.6 Å². The lowest BCUT2D eigenvalue weighted by Crippen LogP contribution is -2.45. The van der Waals surface area contributed by atoms with Gasteiger partial charge in [0.25, 0.3) is 0 Å².